The first-order valence-corrected chi connectivity index (χ1v) is 12.7. The number of hydrogen-bond donors (Lipinski definition) is 2. The number of nitrogens with one attached hydrogen (secondary N) is 2. The number of aryl methyl sites for hydroxylation is 1. The highest BCUT2D eigenvalue weighted by Crippen LogP contribution is 2.50. The smallest absolute Gasteiger partial charge is 0.334 e. The highest BCUT2D eigenvalue weighted by Gasteiger charge is 2.61. The number of unbranched alkanes of at least 4 members (excludes halogenated alkanes) is 1. The number of amides is 1. The first-order valence-electron chi connectivity index (χ1n) is 12.7. The minimum absolute atomic E-state index is 0.0460. The van der Waals surface area contributed by atoms with Gasteiger partial charge in [0.2, 0.25) is 5.82 Å². The summed E-state index contributed by atoms with van der Waals surface area (Å²) in [6.07, 6.45) is -7.14. The number of H-pyrrole nitrogens is 1. The van der Waals surface area contributed by atoms with Crippen LogP contribution in [0.4, 0.5) is 30.7 Å². The van der Waals surface area contributed by atoms with Crippen molar-refractivity contribution >= 4 is 17.1 Å². The molecule has 40 heavy (non-hydrogen) atoms. The van der Waals surface area contributed by atoms with Gasteiger partial charge in [-0.1, -0.05) is 12.1 Å². The van der Waals surface area contributed by atoms with Crippen molar-refractivity contribution in [2.75, 3.05) is 0 Å². The molecule has 5 rings (SSSR count). The van der Waals surface area contributed by atoms with Gasteiger partial charge in [0.25, 0.3) is 5.91 Å². The van der Waals surface area contributed by atoms with Crippen molar-refractivity contribution in [3.63, 3.8) is 0 Å². The van der Waals surface area contributed by atoms with E-state index in [2.05, 4.69) is 25.7 Å². The molecule has 0 spiro atoms. The molecule has 0 saturated heterocycles. The largest absolute Gasteiger partial charge is 0.416 e. The Hall–Kier alpha value is -3.78. The van der Waals surface area contributed by atoms with Crippen molar-refractivity contribution in [3.8, 4) is 0 Å². The van der Waals surface area contributed by atoms with Crippen LogP contribution in [-0.2, 0) is 16.8 Å². The van der Waals surface area contributed by atoms with Crippen LogP contribution in [0, 0.1) is 5.82 Å². The molecule has 1 aromatic carbocycles. The van der Waals surface area contributed by atoms with Crippen LogP contribution < -0.4 is 5.32 Å². The zero-order valence-electron chi connectivity index (χ0n) is 20.9. The molecular formula is C25H24F7N7O. The molecule has 2 aliphatic rings. The van der Waals surface area contributed by atoms with Gasteiger partial charge in [-0.25, -0.2) is 4.39 Å². The van der Waals surface area contributed by atoms with Gasteiger partial charge in [-0.15, -0.1) is 10.2 Å². The van der Waals surface area contributed by atoms with Gasteiger partial charge in [0, 0.05) is 24.6 Å². The lowest BCUT2D eigenvalue weighted by Crippen LogP contribution is -2.59. The molecule has 0 bridgehead atoms. The standard InChI is InChI=1S/C25H24F7N7O/c26-18-12-14(4-1-2-10-24(27,28)29)7-8-17(18)23(25(30,31)32)13-16(19-9-11-39(36-19)15-5-3-6-15)20(22(40)33-23)21-34-37-38-35-21/h7-9,11-12,15H,1-6,10,13H2,(H,33,40)(H,34,35,37,38). The lowest BCUT2D eigenvalue weighted by atomic mass is 9.77. The average Bonchev–Trinajstić information content (AvgIpc) is 3.52. The maximum Gasteiger partial charge on any atom is 0.416 e. The Labute approximate surface area is 223 Å². The van der Waals surface area contributed by atoms with E-state index in [-0.39, 0.29) is 53.5 Å². The van der Waals surface area contributed by atoms with Crippen molar-refractivity contribution in [2.45, 2.75) is 75.3 Å². The summed E-state index contributed by atoms with van der Waals surface area (Å²) in [5.74, 6) is -2.67. The summed E-state index contributed by atoms with van der Waals surface area (Å²) in [5, 5.41) is 19.5. The number of hydrogen-bond acceptors (Lipinski definition) is 5. The van der Waals surface area contributed by atoms with Gasteiger partial charge in [0.05, 0.1) is 17.3 Å². The summed E-state index contributed by atoms with van der Waals surface area (Å²) >= 11 is 0. The molecule has 1 amide bonds. The van der Waals surface area contributed by atoms with Crippen LogP contribution in [0.3, 0.4) is 0 Å². The molecular weight excluding hydrogens is 547 g/mol. The van der Waals surface area contributed by atoms with Crippen molar-refractivity contribution < 1.29 is 35.5 Å². The number of aromatic nitrogens is 6. The molecule has 1 aliphatic heterocycles. The zero-order valence-corrected chi connectivity index (χ0v) is 20.9. The van der Waals surface area contributed by atoms with Crippen molar-refractivity contribution in [3.05, 3.63) is 58.9 Å². The van der Waals surface area contributed by atoms with Gasteiger partial charge in [0.1, 0.15) is 5.82 Å². The van der Waals surface area contributed by atoms with Gasteiger partial charge in [-0.3, -0.25) is 9.48 Å². The quantitative estimate of drug-likeness (QED) is 0.278. The van der Waals surface area contributed by atoms with E-state index in [1.165, 1.54) is 12.1 Å². The molecule has 0 radical (unpaired) electrons. The van der Waals surface area contributed by atoms with Crippen LogP contribution in [0.15, 0.2) is 30.5 Å². The van der Waals surface area contributed by atoms with E-state index in [1.807, 2.05) is 5.32 Å². The van der Waals surface area contributed by atoms with Gasteiger partial charge in [-0.05, 0) is 67.0 Å². The SMILES string of the molecule is O=C1NC(c2ccc(CCCCC(F)(F)F)cc2F)(C(F)(F)F)CC(c2ccn(C3CCC3)n2)=C1c1nn[nH]n1. The molecule has 1 atom stereocenters. The Kier molecular flexibility index (Phi) is 7.17. The monoisotopic (exact) mass is 571 g/mol. The molecule has 214 valence electrons. The molecule has 8 nitrogen and oxygen atoms in total. The maximum absolute atomic E-state index is 15.4. The molecule has 1 fully saturated rings. The van der Waals surface area contributed by atoms with E-state index in [4.69, 9.17) is 0 Å². The molecule has 2 aromatic heterocycles. The maximum atomic E-state index is 15.4. The number of tetrazole rings is 1. The average molecular weight is 572 g/mol. The van der Waals surface area contributed by atoms with E-state index in [1.54, 1.807) is 10.9 Å². The van der Waals surface area contributed by atoms with Gasteiger partial charge in [0.15, 0.2) is 5.54 Å². The number of rotatable bonds is 8. The predicted molar refractivity (Wildman–Crippen MR) is 127 cm³/mol. The Morgan fingerprint density at radius 2 is 1.85 bits per heavy atom. The molecule has 3 heterocycles. The molecule has 2 N–H and O–H groups in total. The molecule has 1 unspecified atom stereocenters. The van der Waals surface area contributed by atoms with E-state index >= 15 is 4.39 Å². The second-order valence-electron chi connectivity index (χ2n) is 10.0. The van der Waals surface area contributed by atoms with E-state index in [0.29, 0.717) is 0 Å². The minimum atomic E-state index is -5.15. The first-order chi connectivity index (χ1) is 18.9. The fraction of sp³-hybridized carbons (Fsp3) is 0.480. The number of nitrogens with zero attached hydrogens (tertiary/aromatic N) is 5. The van der Waals surface area contributed by atoms with Gasteiger partial charge >= 0.3 is 12.4 Å². The second-order valence-corrected chi connectivity index (χ2v) is 10.0. The van der Waals surface area contributed by atoms with Crippen molar-refractivity contribution in [1.29, 1.82) is 0 Å². The minimum Gasteiger partial charge on any atom is -0.334 e. The van der Waals surface area contributed by atoms with Crippen LogP contribution in [0.1, 0.15) is 73.6 Å². The number of carbonyl (C=O) groups is 1. The third-order valence-electron chi connectivity index (χ3n) is 7.39. The summed E-state index contributed by atoms with van der Waals surface area (Å²) < 4.78 is 98.8. The van der Waals surface area contributed by atoms with Crippen LogP contribution >= 0.6 is 0 Å². The first kappa shape index (κ1) is 27.8. The molecule has 15 heteroatoms. The summed E-state index contributed by atoms with van der Waals surface area (Å²) in [5.41, 5.74) is -4.05. The van der Waals surface area contributed by atoms with Crippen molar-refractivity contribution in [1.82, 2.24) is 35.7 Å². The zero-order chi connectivity index (χ0) is 28.7. The molecule has 1 aliphatic carbocycles. The third kappa shape index (κ3) is 5.32. The van der Waals surface area contributed by atoms with E-state index in [9.17, 15) is 31.1 Å². The highest BCUT2D eigenvalue weighted by molar-refractivity contribution is 6.27. The molecule has 1 saturated carbocycles. The lowest BCUT2D eigenvalue weighted by Gasteiger charge is -2.41. The van der Waals surface area contributed by atoms with Crippen LogP contribution in [0.25, 0.3) is 11.1 Å². The topological polar surface area (TPSA) is 101 Å². The van der Waals surface area contributed by atoms with Crippen LogP contribution in [0.2, 0.25) is 0 Å². The number of alkyl halides is 6. The summed E-state index contributed by atoms with van der Waals surface area (Å²) in [4.78, 5) is 13.3. The predicted octanol–water partition coefficient (Wildman–Crippen LogP) is 5.42. The Morgan fingerprint density at radius 1 is 1.07 bits per heavy atom. The van der Waals surface area contributed by atoms with Crippen LogP contribution in [0.5, 0.6) is 0 Å². The van der Waals surface area contributed by atoms with Crippen molar-refractivity contribution in [2.24, 2.45) is 0 Å². The number of benzene rings is 1. The number of aromatic amines is 1. The Balaban J connectivity index is 1.53. The van der Waals surface area contributed by atoms with E-state index in [0.717, 1.165) is 31.4 Å². The Bertz CT molecular complexity index is 1410. The summed E-state index contributed by atoms with van der Waals surface area (Å²) in [6.45, 7) is 0. The summed E-state index contributed by atoms with van der Waals surface area (Å²) in [7, 11) is 0. The van der Waals surface area contributed by atoms with Gasteiger partial charge < -0.3 is 5.32 Å². The number of carbonyl (C=O) groups excluding carboxylic acids is 1. The highest BCUT2D eigenvalue weighted by atomic mass is 19.4. The lowest BCUT2D eigenvalue weighted by molar-refractivity contribution is -0.202. The Morgan fingerprint density at radius 3 is 2.45 bits per heavy atom. The molecule has 3 aromatic rings. The van der Waals surface area contributed by atoms with E-state index < -0.39 is 48.0 Å². The van der Waals surface area contributed by atoms with Crippen LogP contribution in [-0.4, -0.2) is 48.7 Å². The fourth-order valence-electron chi connectivity index (χ4n) is 5.07. The fourth-order valence-corrected chi connectivity index (χ4v) is 5.07. The second kappa shape index (κ2) is 10.3. The van der Waals surface area contributed by atoms with Gasteiger partial charge in [-0.2, -0.15) is 36.7 Å². The summed E-state index contributed by atoms with van der Waals surface area (Å²) in [6, 6.07) is 4.61. The third-order valence-corrected chi connectivity index (χ3v) is 7.39. The normalized spacial score (nSPS) is 20.5. The number of halogens is 7.